The van der Waals surface area contributed by atoms with Crippen LogP contribution in [0.3, 0.4) is 0 Å². The Morgan fingerprint density at radius 3 is 2.29 bits per heavy atom. The molecule has 4 heteroatoms. The van der Waals surface area contributed by atoms with Crippen molar-refractivity contribution in [2.45, 2.75) is 52.6 Å². The van der Waals surface area contributed by atoms with E-state index in [0.29, 0.717) is 25.7 Å². The summed E-state index contributed by atoms with van der Waals surface area (Å²) in [5, 5.41) is 3.50. The van der Waals surface area contributed by atoms with Gasteiger partial charge in [0.1, 0.15) is 24.2 Å². The lowest BCUT2D eigenvalue weighted by molar-refractivity contribution is 0.110. The Balaban J connectivity index is 1.98. The van der Waals surface area contributed by atoms with Crippen molar-refractivity contribution in [1.29, 1.82) is 0 Å². The molecular weight excluding hydrogens is 350 g/mol. The van der Waals surface area contributed by atoms with Crippen LogP contribution < -0.4 is 14.8 Å². The Hall–Kier alpha value is -2.20. The van der Waals surface area contributed by atoms with Crippen molar-refractivity contribution in [1.82, 2.24) is 0 Å². The van der Waals surface area contributed by atoms with E-state index in [2.05, 4.69) is 44.3 Å². The fourth-order valence-electron chi connectivity index (χ4n) is 2.98. The molecule has 2 aromatic rings. The van der Waals surface area contributed by atoms with Crippen LogP contribution in [0.25, 0.3) is 0 Å². The largest absolute Gasteiger partial charge is 0.489 e. The zero-order valence-corrected chi connectivity index (χ0v) is 17.7. The van der Waals surface area contributed by atoms with Gasteiger partial charge in [-0.15, -0.1) is 0 Å². The van der Waals surface area contributed by atoms with Gasteiger partial charge in [-0.2, -0.15) is 0 Å². The number of rotatable bonds is 13. The van der Waals surface area contributed by atoms with Gasteiger partial charge in [-0.05, 0) is 49.4 Å². The summed E-state index contributed by atoms with van der Waals surface area (Å²) < 4.78 is 17.6. The first kappa shape index (κ1) is 22.1. The summed E-state index contributed by atoms with van der Waals surface area (Å²) in [7, 11) is 0. The number of para-hydroxylation sites is 3. The topological polar surface area (TPSA) is 39.7 Å². The van der Waals surface area contributed by atoms with E-state index in [1.807, 2.05) is 37.3 Å². The standard InChI is InChI=1S/C24H35NO3/c1-5-19(4)21-12-8-10-14-23(21)28-20(6-2)18-25-22-13-9-11-15-24(22)27-17-16-26-7-3/h8-15,19-20,25H,5-7,16-18H2,1-4H3. The van der Waals surface area contributed by atoms with Gasteiger partial charge in [0.05, 0.1) is 18.8 Å². The van der Waals surface area contributed by atoms with E-state index in [0.717, 1.165) is 36.6 Å². The molecular formula is C24H35NO3. The van der Waals surface area contributed by atoms with E-state index in [4.69, 9.17) is 14.2 Å². The van der Waals surface area contributed by atoms with E-state index in [1.165, 1.54) is 5.56 Å². The minimum atomic E-state index is 0.0849. The third kappa shape index (κ3) is 6.75. The quantitative estimate of drug-likeness (QED) is 0.437. The van der Waals surface area contributed by atoms with Gasteiger partial charge in [0, 0.05) is 6.61 Å². The van der Waals surface area contributed by atoms with Crippen LogP contribution in [0.5, 0.6) is 11.5 Å². The third-order valence-corrected chi connectivity index (χ3v) is 4.91. The molecule has 2 unspecified atom stereocenters. The van der Waals surface area contributed by atoms with Crippen LogP contribution in [0, 0.1) is 0 Å². The second kappa shape index (κ2) is 12.3. The fourth-order valence-corrected chi connectivity index (χ4v) is 2.98. The van der Waals surface area contributed by atoms with Gasteiger partial charge in [0.25, 0.3) is 0 Å². The Kier molecular flexibility index (Phi) is 9.70. The molecule has 4 nitrogen and oxygen atoms in total. The van der Waals surface area contributed by atoms with Gasteiger partial charge < -0.3 is 19.5 Å². The molecule has 0 bridgehead atoms. The number of hydrogen-bond donors (Lipinski definition) is 1. The normalized spacial score (nSPS) is 13.0. The molecule has 0 aliphatic rings. The summed E-state index contributed by atoms with van der Waals surface area (Å²) in [6, 6.07) is 16.4. The first-order valence-corrected chi connectivity index (χ1v) is 10.5. The smallest absolute Gasteiger partial charge is 0.142 e. The molecule has 154 valence electrons. The molecule has 0 heterocycles. The molecule has 2 atom stereocenters. The molecule has 0 fully saturated rings. The highest BCUT2D eigenvalue weighted by Crippen LogP contribution is 2.30. The molecule has 0 aromatic heterocycles. The lowest BCUT2D eigenvalue weighted by atomic mass is 9.98. The van der Waals surface area contributed by atoms with Crippen LogP contribution in [0.4, 0.5) is 5.69 Å². The summed E-state index contributed by atoms with van der Waals surface area (Å²) in [6.07, 6.45) is 2.11. The summed E-state index contributed by atoms with van der Waals surface area (Å²) in [6.45, 7) is 11.2. The van der Waals surface area contributed by atoms with Crippen molar-refractivity contribution < 1.29 is 14.2 Å². The highest BCUT2D eigenvalue weighted by atomic mass is 16.5. The Morgan fingerprint density at radius 2 is 1.57 bits per heavy atom. The zero-order chi connectivity index (χ0) is 20.2. The highest BCUT2D eigenvalue weighted by Gasteiger charge is 2.15. The molecule has 0 amide bonds. The Labute approximate surface area is 170 Å². The van der Waals surface area contributed by atoms with Crippen molar-refractivity contribution in [3.8, 4) is 11.5 Å². The highest BCUT2D eigenvalue weighted by molar-refractivity contribution is 5.56. The summed E-state index contributed by atoms with van der Waals surface area (Å²) in [5.74, 6) is 2.32. The molecule has 28 heavy (non-hydrogen) atoms. The van der Waals surface area contributed by atoms with Crippen LogP contribution in [0.1, 0.15) is 52.0 Å². The van der Waals surface area contributed by atoms with Crippen LogP contribution in [-0.2, 0) is 4.74 Å². The van der Waals surface area contributed by atoms with Crippen molar-refractivity contribution in [2.75, 3.05) is 31.7 Å². The zero-order valence-electron chi connectivity index (χ0n) is 17.7. The molecule has 0 spiro atoms. The summed E-state index contributed by atoms with van der Waals surface area (Å²) in [4.78, 5) is 0. The molecule has 0 saturated heterocycles. The van der Waals surface area contributed by atoms with Gasteiger partial charge >= 0.3 is 0 Å². The van der Waals surface area contributed by atoms with Gasteiger partial charge in [0.2, 0.25) is 0 Å². The van der Waals surface area contributed by atoms with Crippen molar-refractivity contribution in [3.63, 3.8) is 0 Å². The van der Waals surface area contributed by atoms with Gasteiger partial charge in [0.15, 0.2) is 0 Å². The van der Waals surface area contributed by atoms with E-state index in [1.54, 1.807) is 0 Å². The van der Waals surface area contributed by atoms with Crippen LogP contribution in [0.2, 0.25) is 0 Å². The molecule has 0 saturated carbocycles. The molecule has 1 N–H and O–H groups in total. The van der Waals surface area contributed by atoms with E-state index in [-0.39, 0.29) is 6.10 Å². The number of ether oxygens (including phenoxy) is 3. The SMILES string of the molecule is CCOCCOc1ccccc1NCC(CC)Oc1ccccc1C(C)CC. The summed E-state index contributed by atoms with van der Waals surface area (Å²) >= 11 is 0. The van der Waals surface area contributed by atoms with E-state index < -0.39 is 0 Å². The van der Waals surface area contributed by atoms with Gasteiger partial charge in [-0.1, -0.05) is 51.1 Å². The predicted molar refractivity (Wildman–Crippen MR) is 117 cm³/mol. The van der Waals surface area contributed by atoms with Crippen molar-refractivity contribution in [3.05, 3.63) is 54.1 Å². The Bertz CT molecular complexity index is 689. The summed E-state index contributed by atoms with van der Waals surface area (Å²) in [5.41, 5.74) is 2.26. The second-order valence-corrected chi connectivity index (χ2v) is 6.92. The number of hydrogen-bond acceptors (Lipinski definition) is 4. The molecule has 0 aliphatic heterocycles. The molecule has 2 aromatic carbocycles. The van der Waals surface area contributed by atoms with Crippen molar-refractivity contribution in [2.24, 2.45) is 0 Å². The lowest BCUT2D eigenvalue weighted by Crippen LogP contribution is -2.26. The lowest BCUT2D eigenvalue weighted by Gasteiger charge is -2.23. The molecule has 0 aliphatic carbocycles. The minimum Gasteiger partial charge on any atom is -0.489 e. The minimum absolute atomic E-state index is 0.0849. The molecule has 2 rings (SSSR count). The third-order valence-electron chi connectivity index (χ3n) is 4.91. The number of nitrogens with one attached hydrogen (secondary N) is 1. The maximum absolute atomic E-state index is 6.37. The number of anilines is 1. The first-order chi connectivity index (χ1) is 13.7. The average Bonchev–Trinajstić information content (AvgIpc) is 2.74. The fraction of sp³-hybridized carbons (Fsp3) is 0.500. The monoisotopic (exact) mass is 385 g/mol. The predicted octanol–water partition coefficient (Wildman–Crippen LogP) is 5.88. The van der Waals surface area contributed by atoms with E-state index >= 15 is 0 Å². The molecule has 0 radical (unpaired) electrons. The average molecular weight is 386 g/mol. The van der Waals surface area contributed by atoms with Crippen LogP contribution in [-0.4, -0.2) is 32.5 Å². The Morgan fingerprint density at radius 1 is 0.857 bits per heavy atom. The number of benzene rings is 2. The van der Waals surface area contributed by atoms with Gasteiger partial charge in [-0.3, -0.25) is 0 Å². The maximum Gasteiger partial charge on any atom is 0.142 e. The maximum atomic E-state index is 6.37. The van der Waals surface area contributed by atoms with Crippen LogP contribution >= 0.6 is 0 Å². The van der Waals surface area contributed by atoms with Crippen LogP contribution in [0.15, 0.2) is 48.5 Å². The van der Waals surface area contributed by atoms with Crippen molar-refractivity contribution >= 4 is 5.69 Å². The first-order valence-electron chi connectivity index (χ1n) is 10.5. The second-order valence-electron chi connectivity index (χ2n) is 6.92. The van der Waals surface area contributed by atoms with Gasteiger partial charge in [-0.25, -0.2) is 0 Å². The van der Waals surface area contributed by atoms with E-state index in [9.17, 15) is 0 Å².